The van der Waals surface area contributed by atoms with Crippen molar-refractivity contribution in [1.82, 2.24) is 0 Å². The topological polar surface area (TPSA) is 35.5 Å². The van der Waals surface area contributed by atoms with Gasteiger partial charge in [0, 0.05) is 24.7 Å². The first-order valence-corrected chi connectivity index (χ1v) is 10.3. The summed E-state index contributed by atoms with van der Waals surface area (Å²) in [6, 6.07) is 0. The van der Waals surface area contributed by atoms with Crippen LogP contribution in [0.4, 0.5) is 0 Å². The summed E-state index contributed by atoms with van der Waals surface area (Å²) in [6.45, 7) is 6.54. The summed E-state index contributed by atoms with van der Waals surface area (Å²) in [4.78, 5) is 12.0. The summed E-state index contributed by atoms with van der Waals surface area (Å²) in [5.74, 6) is 3.29. The zero-order valence-corrected chi connectivity index (χ0v) is 15.3. The summed E-state index contributed by atoms with van der Waals surface area (Å²) < 4.78 is 12.5. The molecule has 134 valence electrons. The van der Waals surface area contributed by atoms with Gasteiger partial charge < -0.3 is 9.47 Å². The molecule has 5 aliphatic rings. The van der Waals surface area contributed by atoms with E-state index in [1.165, 1.54) is 32.1 Å². The Balaban J connectivity index is 1.46. The van der Waals surface area contributed by atoms with E-state index in [1.807, 2.05) is 0 Å². The molecule has 5 rings (SSSR count). The van der Waals surface area contributed by atoms with Crippen molar-refractivity contribution >= 4 is 5.78 Å². The lowest BCUT2D eigenvalue weighted by atomic mass is 9.45. The Hall–Kier alpha value is -0.410. The zero-order valence-electron chi connectivity index (χ0n) is 15.3. The van der Waals surface area contributed by atoms with E-state index < -0.39 is 0 Å². The van der Waals surface area contributed by atoms with Crippen LogP contribution in [0.2, 0.25) is 0 Å². The normalized spacial score (nSPS) is 52.8. The van der Waals surface area contributed by atoms with Crippen molar-refractivity contribution < 1.29 is 14.3 Å². The third-order valence-corrected chi connectivity index (χ3v) is 9.28. The standard InChI is InChI=1S/C21H32O3/c1-19-8-5-15(22)13-14(19)3-4-16-17(19)6-9-20(2)18(16)7-10-21(20)23-11-12-24-21/h14,16-18H,3-13H2,1-2H3/t14-,16-,17+,18+,19-,20-/m0/s1. The summed E-state index contributed by atoms with van der Waals surface area (Å²) in [5.41, 5.74) is 0.615. The molecule has 5 fully saturated rings. The van der Waals surface area contributed by atoms with Gasteiger partial charge in [-0.15, -0.1) is 0 Å². The molecule has 1 saturated heterocycles. The lowest BCUT2D eigenvalue weighted by Crippen LogP contribution is -2.56. The summed E-state index contributed by atoms with van der Waals surface area (Å²) in [6.07, 6.45) is 10.3. The van der Waals surface area contributed by atoms with Crippen LogP contribution in [0, 0.1) is 34.5 Å². The number of rotatable bonds is 0. The quantitative estimate of drug-likeness (QED) is 0.662. The summed E-state index contributed by atoms with van der Waals surface area (Å²) in [7, 11) is 0. The minimum absolute atomic E-state index is 0.207. The molecule has 6 atom stereocenters. The van der Waals surface area contributed by atoms with E-state index >= 15 is 0 Å². The maximum absolute atomic E-state index is 12.0. The van der Waals surface area contributed by atoms with Crippen LogP contribution in [0.25, 0.3) is 0 Å². The van der Waals surface area contributed by atoms with Crippen molar-refractivity contribution in [3.63, 3.8) is 0 Å². The molecule has 4 aliphatic carbocycles. The molecule has 1 heterocycles. The molecule has 0 N–H and O–H groups in total. The van der Waals surface area contributed by atoms with Gasteiger partial charge in [0.1, 0.15) is 5.78 Å². The van der Waals surface area contributed by atoms with E-state index in [4.69, 9.17) is 9.47 Å². The number of carbonyl (C=O) groups excluding carboxylic acids is 1. The fourth-order valence-electron chi connectivity index (χ4n) is 7.93. The molecule has 1 spiro atoms. The van der Waals surface area contributed by atoms with Crippen molar-refractivity contribution in [2.24, 2.45) is 34.5 Å². The SMILES string of the molecule is C[C@]12CCC(=O)C[C@@H]1CC[C@H]1[C@H]2CC[C@@]2(C)[C@@H]1CCC21OCCO1. The van der Waals surface area contributed by atoms with Gasteiger partial charge in [-0.1, -0.05) is 13.8 Å². The fraction of sp³-hybridized carbons (Fsp3) is 0.952. The highest BCUT2D eigenvalue weighted by Gasteiger charge is 2.67. The highest BCUT2D eigenvalue weighted by Crippen LogP contribution is 2.69. The van der Waals surface area contributed by atoms with Gasteiger partial charge in [0.15, 0.2) is 5.79 Å². The molecular weight excluding hydrogens is 300 g/mol. The highest BCUT2D eigenvalue weighted by atomic mass is 16.7. The number of ketones is 1. The second kappa shape index (κ2) is 5.07. The number of carbonyl (C=O) groups is 1. The fourth-order valence-corrected chi connectivity index (χ4v) is 7.93. The minimum Gasteiger partial charge on any atom is -0.347 e. The Bertz CT molecular complexity index is 551. The molecule has 0 aromatic heterocycles. The largest absolute Gasteiger partial charge is 0.347 e. The number of fused-ring (bicyclic) bond motifs is 6. The zero-order chi connectivity index (χ0) is 16.6. The maximum atomic E-state index is 12.0. The number of hydrogen-bond donors (Lipinski definition) is 0. The van der Waals surface area contributed by atoms with Gasteiger partial charge >= 0.3 is 0 Å². The molecule has 4 saturated carbocycles. The van der Waals surface area contributed by atoms with Crippen LogP contribution in [-0.2, 0) is 14.3 Å². The van der Waals surface area contributed by atoms with Crippen LogP contribution >= 0.6 is 0 Å². The van der Waals surface area contributed by atoms with Gasteiger partial charge in [0.25, 0.3) is 0 Å². The molecule has 3 heteroatoms. The Morgan fingerprint density at radius 3 is 2.46 bits per heavy atom. The lowest BCUT2D eigenvalue weighted by molar-refractivity contribution is -0.246. The average molecular weight is 332 g/mol. The van der Waals surface area contributed by atoms with Crippen LogP contribution in [0.5, 0.6) is 0 Å². The van der Waals surface area contributed by atoms with Gasteiger partial charge in [-0.25, -0.2) is 0 Å². The van der Waals surface area contributed by atoms with Crippen molar-refractivity contribution in [2.45, 2.75) is 77.4 Å². The summed E-state index contributed by atoms with van der Waals surface area (Å²) >= 11 is 0. The predicted molar refractivity (Wildman–Crippen MR) is 91.4 cm³/mol. The Labute approximate surface area is 145 Å². The lowest BCUT2D eigenvalue weighted by Gasteiger charge is -2.60. The van der Waals surface area contributed by atoms with E-state index in [0.29, 0.717) is 17.1 Å². The molecular formula is C21H32O3. The molecule has 3 nitrogen and oxygen atoms in total. The van der Waals surface area contributed by atoms with Gasteiger partial charge in [-0.05, 0) is 67.6 Å². The second-order valence-corrected chi connectivity index (χ2v) is 9.84. The summed E-state index contributed by atoms with van der Waals surface area (Å²) in [5, 5.41) is 0. The second-order valence-electron chi connectivity index (χ2n) is 9.84. The Morgan fingerprint density at radius 2 is 1.67 bits per heavy atom. The molecule has 1 aliphatic heterocycles. The average Bonchev–Trinajstić information content (AvgIpc) is 3.15. The van der Waals surface area contributed by atoms with Crippen molar-refractivity contribution in [3.05, 3.63) is 0 Å². The predicted octanol–water partition coefficient (Wildman–Crippen LogP) is 4.34. The third-order valence-electron chi connectivity index (χ3n) is 9.28. The van der Waals surface area contributed by atoms with Gasteiger partial charge in [0.05, 0.1) is 13.2 Å². The van der Waals surface area contributed by atoms with E-state index in [1.54, 1.807) is 0 Å². The van der Waals surface area contributed by atoms with Crippen molar-refractivity contribution in [1.29, 1.82) is 0 Å². The first-order chi connectivity index (χ1) is 11.5. The van der Waals surface area contributed by atoms with Crippen molar-refractivity contribution in [2.75, 3.05) is 13.2 Å². The smallest absolute Gasteiger partial charge is 0.174 e. The highest BCUT2D eigenvalue weighted by molar-refractivity contribution is 5.79. The van der Waals surface area contributed by atoms with Crippen LogP contribution in [0.3, 0.4) is 0 Å². The van der Waals surface area contributed by atoms with Crippen LogP contribution in [0.1, 0.15) is 71.6 Å². The molecule has 0 bridgehead atoms. The Kier molecular flexibility index (Phi) is 3.34. The third kappa shape index (κ3) is 1.84. The van der Waals surface area contributed by atoms with Crippen LogP contribution < -0.4 is 0 Å². The van der Waals surface area contributed by atoms with Gasteiger partial charge in [-0.2, -0.15) is 0 Å². The molecule has 0 amide bonds. The number of hydrogen-bond acceptors (Lipinski definition) is 3. The monoisotopic (exact) mass is 332 g/mol. The molecule has 0 aromatic carbocycles. The van der Waals surface area contributed by atoms with E-state index in [2.05, 4.69) is 13.8 Å². The Morgan fingerprint density at radius 1 is 0.917 bits per heavy atom. The number of Topliss-reactive ketones (excluding diaryl/α,β-unsaturated/α-hetero) is 1. The van der Waals surface area contributed by atoms with Crippen LogP contribution in [0.15, 0.2) is 0 Å². The molecule has 0 aromatic rings. The first kappa shape index (κ1) is 15.8. The van der Waals surface area contributed by atoms with Gasteiger partial charge in [0.2, 0.25) is 0 Å². The van der Waals surface area contributed by atoms with E-state index in [-0.39, 0.29) is 11.2 Å². The van der Waals surface area contributed by atoms with E-state index in [9.17, 15) is 4.79 Å². The van der Waals surface area contributed by atoms with E-state index in [0.717, 1.165) is 56.7 Å². The van der Waals surface area contributed by atoms with Crippen LogP contribution in [-0.4, -0.2) is 24.8 Å². The number of ether oxygens (including phenoxy) is 2. The molecule has 0 unspecified atom stereocenters. The minimum atomic E-state index is -0.275. The maximum Gasteiger partial charge on any atom is 0.174 e. The molecule has 0 radical (unpaired) electrons. The van der Waals surface area contributed by atoms with Crippen molar-refractivity contribution in [3.8, 4) is 0 Å². The van der Waals surface area contributed by atoms with Gasteiger partial charge in [-0.3, -0.25) is 4.79 Å². The first-order valence-electron chi connectivity index (χ1n) is 10.3. The molecule has 24 heavy (non-hydrogen) atoms.